The molecule has 2 aliphatic rings. The van der Waals surface area contributed by atoms with Gasteiger partial charge >= 0.3 is 0 Å². The summed E-state index contributed by atoms with van der Waals surface area (Å²) in [4.78, 5) is 16.2. The van der Waals surface area contributed by atoms with E-state index in [1.165, 1.54) is 16.4 Å². The van der Waals surface area contributed by atoms with E-state index in [1.54, 1.807) is 13.0 Å². The highest BCUT2D eigenvalue weighted by Gasteiger charge is 2.44. The number of carbonyl (C=O) groups is 1. The molecule has 144 valence electrons. The SMILES string of the molecule is Cc1nc([C@@H]2CN(S(=O)(=O)c3ccc4c(c3)OCCO4)C[C@H]2C(N)=O)n[nH]1. The minimum atomic E-state index is -3.85. The molecule has 0 spiro atoms. The van der Waals surface area contributed by atoms with Crippen LogP contribution in [0.15, 0.2) is 23.1 Å². The fraction of sp³-hybridized carbons (Fsp3) is 0.438. The van der Waals surface area contributed by atoms with Crippen molar-refractivity contribution in [1.29, 1.82) is 0 Å². The van der Waals surface area contributed by atoms with Crippen molar-refractivity contribution < 1.29 is 22.7 Å². The van der Waals surface area contributed by atoms with E-state index in [9.17, 15) is 13.2 Å². The fourth-order valence-corrected chi connectivity index (χ4v) is 4.88. The maximum absolute atomic E-state index is 13.1. The molecule has 0 aliphatic carbocycles. The fourth-order valence-electron chi connectivity index (χ4n) is 3.37. The second-order valence-corrected chi connectivity index (χ2v) is 8.46. The number of fused-ring (bicyclic) bond motifs is 1. The van der Waals surface area contributed by atoms with Crippen LogP contribution in [0.1, 0.15) is 17.6 Å². The van der Waals surface area contributed by atoms with E-state index < -0.39 is 27.8 Å². The zero-order chi connectivity index (χ0) is 19.2. The average Bonchev–Trinajstić information content (AvgIpc) is 3.28. The van der Waals surface area contributed by atoms with Crippen molar-refractivity contribution in [3.8, 4) is 11.5 Å². The molecule has 1 aromatic carbocycles. The molecule has 27 heavy (non-hydrogen) atoms. The predicted octanol–water partition coefficient (Wildman–Crippen LogP) is -0.226. The van der Waals surface area contributed by atoms with Crippen LogP contribution in [0.5, 0.6) is 11.5 Å². The van der Waals surface area contributed by atoms with Gasteiger partial charge in [-0.1, -0.05) is 0 Å². The number of aromatic amines is 1. The molecule has 11 heteroatoms. The lowest BCUT2D eigenvalue weighted by molar-refractivity contribution is -0.121. The molecule has 2 aromatic rings. The summed E-state index contributed by atoms with van der Waals surface area (Å²) in [6.07, 6.45) is 0. The highest BCUT2D eigenvalue weighted by atomic mass is 32.2. The molecule has 0 bridgehead atoms. The van der Waals surface area contributed by atoms with Crippen LogP contribution in [0.4, 0.5) is 0 Å². The molecule has 4 rings (SSSR count). The van der Waals surface area contributed by atoms with E-state index in [0.29, 0.717) is 36.4 Å². The third-order valence-electron chi connectivity index (χ3n) is 4.75. The Labute approximate surface area is 155 Å². The van der Waals surface area contributed by atoms with Crippen LogP contribution in [-0.4, -0.2) is 60.1 Å². The van der Waals surface area contributed by atoms with Crippen LogP contribution in [0.2, 0.25) is 0 Å². The summed E-state index contributed by atoms with van der Waals surface area (Å²) in [5, 5.41) is 6.79. The number of H-pyrrole nitrogens is 1. The van der Waals surface area contributed by atoms with Crippen molar-refractivity contribution in [2.45, 2.75) is 17.7 Å². The van der Waals surface area contributed by atoms with E-state index >= 15 is 0 Å². The van der Waals surface area contributed by atoms with Crippen LogP contribution in [-0.2, 0) is 14.8 Å². The van der Waals surface area contributed by atoms with Crippen LogP contribution in [0.25, 0.3) is 0 Å². The molecule has 1 fully saturated rings. The second kappa shape index (κ2) is 6.50. The molecule has 1 aromatic heterocycles. The number of hydrogen-bond acceptors (Lipinski definition) is 7. The Morgan fingerprint density at radius 1 is 1.26 bits per heavy atom. The van der Waals surface area contributed by atoms with Gasteiger partial charge in [-0.3, -0.25) is 9.89 Å². The average molecular weight is 393 g/mol. The summed E-state index contributed by atoms with van der Waals surface area (Å²) < 4.78 is 38.3. The molecule has 3 N–H and O–H groups in total. The van der Waals surface area contributed by atoms with Crippen molar-refractivity contribution in [3.63, 3.8) is 0 Å². The predicted molar refractivity (Wildman–Crippen MR) is 92.7 cm³/mol. The van der Waals surface area contributed by atoms with Gasteiger partial charge in [0.1, 0.15) is 19.0 Å². The number of aromatic nitrogens is 3. The number of nitrogens with one attached hydrogen (secondary N) is 1. The Hall–Kier alpha value is -2.66. The summed E-state index contributed by atoms with van der Waals surface area (Å²) in [5.74, 6) is 0.0753. The summed E-state index contributed by atoms with van der Waals surface area (Å²) in [7, 11) is -3.85. The highest BCUT2D eigenvalue weighted by molar-refractivity contribution is 7.89. The third kappa shape index (κ3) is 3.12. The molecule has 0 radical (unpaired) electrons. The maximum Gasteiger partial charge on any atom is 0.243 e. The minimum absolute atomic E-state index is 0.0234. The smallest absolute Gasteiger partial charge is 0.243 e. The second-order valence-electron chi connectivity index (χ2n) is 6.52. The van der Waals surface area contributed by atoms with Gasteiger partial charge in [-0.25, -0.2) is 13.4 Å². The zero-order valence-corrected chi connectivity index (χ0v) is 15.4. The number of primary amides is 1. The van der Waals surface area contributed by atoms with Crippen LogP contribution in [0.3, 0.4) is 0 Å². The third-order valence-corrected chi connectivity index (χ3v) is 6.58. The first-order chi connectivity index (χ1) is 12.9. The Morgan fingerprint density at radius 3 is 2.67 bits per heavy atom. The van der Waals surface area contributed by atoms with E-state index in [0.717, 1.165) is 0 Å². The van der Waals surface area contributed by atoms with Gasteiger partial charge in [0.2, 0.25) is 15.9 Å². The number of benzene rings is 1. The number of rotatable bonds is 4. The molecular formula is C16H19N5O5S. The van der Waals surface area contributed by atoms with Gasteiger partial charge in [0.25, 0.3) is 0 Å². The first-order valence-corrected chi connectivity index (χ1v) is 9.88. The Balaban J connectivity index is 1.65. The molecule has 2 aliphatic heterocycles. The van der Waals surface area contributed by atoms with Crippen LogP contribution >= 0.6 is 0 Å². The van der Waals surface area contributed by atoms with Crippen molar-refractivity contribution in [2.24, 2.45) is 11.7 Å². The van der Waals surface area contributed by atoms with Gasteiger partial charge in [-0.15, -0.1) is 0 Å². The number of aryl methyl sites for hydroxylation is 1. The zero-order valence-electron chi connectivity index (χ0n) is 14.6. The molecular weight excluding hydrogens is 374 g/mol. The van der Waals surface area contributed by atoms with E-state index in [2.05, 4.69) is 15.2 Å². The maximum atomic E-state index is 13.1. The normalized spacial score (nSPS) is 22.7. The molecule has 1 saturated heterocycles. The number of sulfonamides is 1. The Morgan fingerprint density at radius 2 is 2.00 bits per heavy atom. The van der Waals surface area contributed by atoms with Gasteiger partial charge in [-0.2, -0.15) is 9.40 Å². The molecule has 0 unspecified atom stereocenters. The lowest BCUT2D eigenvalue weighted by Crippen LogP contribution is -2.32. The van der Waals surface area contributed by atoms with Crippen molar-refractivity contribution in [2.75, 3.05) is 26.3 Å². The molecule has 1 amide bonds. The van der Waals surface area contributed by atoms with Gasteiger partial charge in [0.15, 0.2) is 17.3 Å². The lowest BCUT2D eigenvalue weighted by Gasteiger charge is -2.21. The number of hydrogen-bond donors (Lipinski definition) is 2. The van der Waals surface area contributed by atoms with Crippen molar-refractivity contribution in [3.05, 3.63) is 29.8 Å². The summed E-state index contributed by atoms with van der Waals surface area (Å²) >= 11 is 0. The first kappa shape index (κ1) is 17.7. The Bertz CT molecular complexity index is 989. The van der Waals surface area contributed by atoms with Gasteiger partial charge in [-0.05, 0) is 19.1 Å². The summed E-state index contributed by atoms with van der Waals surface area (Å²) in [5.41, 5.74) is 5.50. The topological polar surface area (TPSA) is 140 Å². The summed E-state index contributed by atoms with van der Waals surface area (Å²) in [6, 6.07) is 4.47. The Kier molecular flexibility index (Phi) is 4.27. The summed E-state index contributed by atoms with van der Waals surface area (Å²) in [6.45, 7) is 2.56. The standard InChI is InChI=1S/C16H19N5O5S/c1-9-18-16(20-19-9)12-8-21(7-11(12)15(17)22)27(23,24)10-2-3-13-14(6-10)26-5-4-25-13/h2-3,6,11-12H,4-5,7-8H2,1H3,(H2,17,22)(H,18,19,20)/t11-,12-/m1/s1. The minimum Gasteiger partial charge on any atom is -0.486 e. The van der Waals surface area contributed by atoms with Gasteiger partial charge < -0.3 is 15.2 Å². The number of carbonyl (C=O) groups excluding carboxylic acids is 1. The van der Waals surface area contributed by atoms with E-state index in [4.69, 9.17) is 15.2 Å². The van der Waals surface area contributed by atoms with Crippen LogP contribution in [0, 0.1) is 12.8 Å². The monoisotopic (exact) mass is 393 g/mol. The molecule has 2 atom stereocenters. The largest absolute Gasteiger partial charge is 0.486 e. The number of nitrogens with two attached hydrogens (primary N) is 1. The van der Waals surface area contributed by atoms with Crippen molar-refractivity contribution in [1.82, 2.24) is 19.5 Å². The number of amides is 1. The van der Waals surface area contributed by atoms with Crippen LogP contribution < -0.4 is 15.2 Å². The highest BCUT2D eigenvalue weighted by Crippen LogP contribution is 2.37. The number of ether oxygens (including phenoxy) is 2. The van der Waals surface area contributed by atoms with Gasteiger partial charge in [0.05, 0.1) is 10.8 Å². The quantitative estimate of drug-likeness (QED) is 0.731. The molecule has 3 heterocycles. The number of nitrogens with zero attached hydrogens (tertiary/aromatic N) is 3. The first-order valence-electron chi connectivity index (χ1n) is 8.44. The van der Waals surface area contributed by atoms with Crippen molar-refractivity contribution >= 4 is 15.9 Å². The van der Waals surface area contributed by atoms with E-state index in [-0.39, 0.29) is 18.0 Å². The van der Waals surface area contributed by atoms with E-state index in [1.807, 2.05) is 0 Å². The molecule has 10 nitrogen and oxygen atoms in total. The lowest BCUT2D eigenvalue weighted by atomic mass is 9.95. The molecule has 0 saturated carbocycles. The van der Waals surface area contributed by atoms with Gasteiger partial charge in [0, 0.05) is 25.1 Å².